The van der Waals surface area contributed by atoms with Crippen molar-refractivity contribution in [2.24, 2.45) is 0 Å². The molecule has 6 heteroatoms. The van der Waals surface area contributed by atoms with Crippen LogP contribution >= 0.6 is 0 Å². The molecular formula is C14H14FN3O2. The Bertz CT molecular complexity index is 620. The highest BCUT2D eigenvalue weighted by Gasteiger charge is 2.25. The number of amides is 1. The average molecular weight is 275 g/mol. The molecule has 5 nitrogen and oxygen atoms in total. The van der Waals surface area contributed by atoms with Crippen LogP contribution in [0.4, 0.5) is 4.39 Å². The maximum atomic E-state index is 13.8. The first-order valence-corrected chi connectivity index (χ1v) is 6.46. The van der Waals surface area contributed by atoms with Gasteiger partial charge in [-0.2, -0.15) is 0 Å². The highest BCUT2D eigenvalue weighted by Crippen LogP contribution is 2.26. The van der Waals surface area contributed by atoms with Crippen molar-refractivity contribution in [2.45, 2.75) is 0 Å². The lowest BCUT2D eigenvalue weighted by atomic mass is 10.1. The predicted molar refractivity (Wildman–Crippen MR) is 70.7 cm³/mol. The second-order valence-corrected chi connectivity index (χ2v) is 4.55. The minimum Gasteiger partial charge on any atom is -0.443 e. The van der Waals surface area contributed by atoms with Crippen LogP contribution in [0, 0.1) is 5.82 Å². The number of aromatic nitrogens is 1. The summed E-state index contributed by atoms with van der Waals surface area (Å²) in [5.74, 6) is -0.469. The Morgan fingerprint density at radius 3 is 2.80 bits per heavy atom. The lowest BCUT2D eigenvalue weighted by Crippen LogP contribution is -2.46. The zero-order valence-electron chi connectivity index (χ0n) is 10.8. The zero-order chi connectivity index (χ0) is 13.9. The van der Waals surface area contributed by atoms with Gasteiger partial charge in [-0.05, 0) is 12.1 Å². The molecule has 1 saturated heterocycles. The molecule has 0 atom stereocenters. The molecule has 3 rings (SSSR count). The predicted octanol–water partition coefficient (Wildman–Crippen LogP) is 1.53. The maximum Gasteiger partial charge on any atom is 0.276 e. The smallest absolute Gasteiger partial charge is 0.276 e. The fourth-order valence-corrected chi connectivity index (χ4v) is 2.25. The van der Waals surface area contributed by atoms with E-state index in [4.69, 9.17) is 4.42 Å². The van der Waals surface area contributed by atoms with Gasteiger partial charge in [-0.3, -0.25) is 4.79 Å². The van der Waals surface area contributed by atoms with Crippen LogP contribution in [0.5, 0.6) is 0 Å². The van der Waals surface area contributed by atoms with Crippen LogP contribution in [0.25, 0.3) is 11.3 Å². The van der Waals surface area contributed by atoms with E-state index in [-0.39, 0.29) is 22.9 Å². The molecule has 0 radical (unpaired) electrons. The number of nitrogens with zero attached hydrogens (tertiary/aromatic N) is 2. The molecule has 1 aliphatic rings. The number of rotatable bonds is 2. The van der Waals surface area contributed by atoms with Crippen LogP contribution in [0.15, 0.2) is 35.1 Å². The van der Waals surface area contributed by atoms with E-state index in [1.807, 2.05) is 0 Å². The number of piperazine rings is 1. The van der Waals surface area contributed by atoms with Gasteiger partial charge >= 0.3 is 0 Å². The number of oxazole rings is 1. The summed E-state index contributed by atoms with van der Waals surface area (Å²) in [5, 5.41) is 3.17. The quantitative estimate of drug-likeness (QED) is 0.903. The van der Waals surface area contributed by atoms with E-state index in [9.17, 15) is 9.18 Å². The molecular weight excluding hydrogens is 261 g/mol. The molecule has 0 saturated carbocycles. The molecule has 0 bridgehead atoms. The Morgan fingerprint density at radius 1 is 1.30 bits per heavy atom. The first kappa shape index (κ1) is 12.8. The van der Waals surface area contributed by atoms with Crippen molar-refractivity contribution in [3.63, 3.8) is 0 Å². The molecule has 1 aromatic carbocycles. The largest absolute Gasteiger partial charge is 0.443 e. The fourth-order valence-electron chi connectivity index (χ4n) is 2.25. The van der Waals surface area contributed by atoms with E-state index in [0.717, 1.165) is 13.1 Å². The van der Waals surface area contributed by atoms with Crippen molar-refractivity contribution in [1.82, 2.24) is 15.2 Å². The van der Waals surface area contributed by atoms with Gasteiger partial charge < -0.3 is 14.6 Å². The lowest BCUT2D eigenvalue weighted by molar-refractivity contribution is 0.0731. The minimum atomic E-state index is -0.432. The van der Waals surface area contributed by atoms with Crippen molar-refractivity contribution in [3.05, 3.63) is 42.2 Å². The summed E-state index contributed by atoms with van der Waals surface area (Å²) in [6.45, 7) is 2.72. The highest BCUT2D eigenvalue weighted by molar-refractivity contribution is 5.97. The molecule has 104 valence electrons. The number of benzene rings is 1. The third kappa shape index (κ3) is 2.30. The number of halogens is 1. The van der Waals surface area contributed by atoms with Crippen LogP contribution in [0.3, 0.4) is 0 Å². The van der Waals surface area contributed by atoms with Crippen LogP contribution in [-0.4, -0.2) is 42.0 Å². The Balaban J connectivity index is 1.94. The second kappa shape index (κ2) is 5.42. The molecule has 20 heavy (non-hydrogen) atoms. The summed E-state index contributed by atoms with van der Waals surface area (Å²) in [7, 11) is 0. The molecule has 0 spiro atoms. The number of nitrogens with one attached hydrogen (secondary N) is 1. The van der Waals surface area contributed by atoms with Crippen molar-refractivity contribution >= 4 is 5.91 Å². The third-order valence-electron chi connectivity index (χ3n) is 3.29. The Morgan fingerprint density at radius 2 is 2.05 bits per heavy atom. The monoisotopic (exact) mass is 275 g/mol. The van der Waals surface area contributed by atoms with Gasteiger partial charge in [0.25, 0.3) is 5.91 Å². The maximum absolute atomic E-state index is 13.8. The van der Waals surface area contributed by atoms with E-state index >= 15 is 0 Å². The van der Waals surface area contributed by atoms with Crippen molar-refractivity contribution in [2.75, 3.05) is 26.2 Å². The van der Waals surface area contributed by atoms with Crippen LogP contribution < -0.4 is 5.32 Å². The van der Waals surface area contributed by atoms with E-state index in [1.165, 1.54) is 12.5 Å². The van der Waals surface area contributed by atoms with Gasteiger partial charge in [0.05, 0.1) is 5.56 Å². The normalized spacial score (nSPS) is 15.3. The molecule has 1 fully saturated rings. The first-order valence-electron chi connectivity index (χ1n) is 6.46. The average Bonchev–Trinajstić information content (AvgIpc) is 2.97. The Hall–Kier alpha value is -2.21. The topological polar surface area (TPSA) is 58.4 Å². The third-order valence-corrected chi connectivity index (χ3v) is 3.29. The summed E-state index contributed by atoms with van der Waals surface area (Å²) in [6, 6.07) is 6.19. The summed E-state index contributed by atoms with van der Waals surface area (Å²) < 4.78 is 19.0. The number of carbonyl (C=O) groups excluding carboxylic acids is 1. The Kier molecular flexibility index (Phi) is 3.47. The van der Waals surface area contributed by atoms with Crippen LogP contribution in [0.1, 0.15) is 10.5 Å². The Labute approximate surface area is 115 Å². The summed E-state index contributed by atoms with van der Waals surface area (Å²) in [5.41, 5.74) is 0.417. The summed E-state index contributed by atoms with van der Waals surface area (Å²) in [6.07, 6.45) is 1.18. The van der Waals surface area contributed by atoms with Crippen LogP contribution in [-0.2, 0) is 0 Å². The SMILES string of the molecule is O=C(c1ncoc1-c1ccccc1F)N1CCNCC1. The van der Waals surface area contributed by atoms with Crippen molar-refractivity contribution in [3.8, 4) is 11.3 Å². The lowest BCUT2D eigenvalue weighted by Gasteiger charge is -2.26. The van der Waals surface area contributed by atoms with Crippen LogP contribution in [0.2, 0.25) is 0 Å². The van der Waals surface area contributed by atoms with Gasteiger partial charge in [0, 0.05) is 26.2 Å². The van der Waals surface area contributed by atoms with Gasteiger partial charge in [-0.15, -0.1) is 0 Å². The molecule has 0 aliphatic carbocycles. The molecule has 1 amide bonds. The van der Waals surface area contributed by atoms with Gasteiger partial charge in [0.15, 0.2) is 17.8 Å². The van der Waals surface area contributed by atoms with Crippen molar-refractivity contribution in [1.29, 1.82) is 0 Å². The number of carbonyl (C=O) groups is 1. The molecule has 2 heterocycles. The molecule has 1 N–H and O–H groups in total. The summed E-state index contributed by atoms with van der Waals surface area (Å²) in [4.78, 5) is 18.1. The van der Waals surface area contributed by atoms with Crippen molar-refractivity contribution < 1.29 is 13.6 Å². The fraction of sp³-hybridized carbons (Fsp3) is 0.286. The molecule has 1 aliphatic heterocycles. The van der Waals surface area contributed by atoms with E-state index in [1.54, 1.807) is 23.1 Å². The number of hydrogen-bond donors (Lipinski definition) is 1. The zero-order valence-corrected chi connectivity index (χ0v) is 10.8. The standard InChI is InChI=1S/C14H14FN3O2/c15-11-4-2-1-3-10(11)13-12(17-9-20-13)14(19)18-7-5-16-6-8-18/h1-4,9,16H,5-8H2. The molecule has 2 aromatic rings. The molecule has 0 unspecified atom stereocenters. The van der Waals surface area contributed by atoms with Gasteiger partial charge in [0.1, 0.15) is 5.82 Å². The first-order chi connectivity index (χ1) is 9.77. The minimum absolute atomic E-state index is 0.164. The highest BCUT2D eigenvalue weighted by atomic mass is 19.1. The van der Waals surface area contributed by atoms with E-state index < -0.39 is 5.82 Å². The van der Waals surface area contributed by atoms with E-state index in [2.05, 4.69) is 10.3 Å². The number of hydrogen-bond acceptors (Lipinski definition) is 4. The van der Waals surface area contributed by atoms with Gasteiger partial charge in [-0.1, -0.05) is 12.1 Å². The molecule has 1 aromatic heterocycles. The summed E-state index contributed by atoms with van der Waals surface area (Å²) >= 11 is 0. The van der Waals surface area contributed by atoms with E-state index in [0.29, 0.717) is 13.1 Å². The van der Waals surface area contributed by atoms with Gasteiger partial charge in [0.2, 0.25) is 0 Å². The van der Waals surface area contributed by atoms with Gasteiger partial charge in [-0.25, -0.2) is 9.37 Å². The second-order valence-electron chi connectivity index (χ2n) is 4.55.